The highest BCUT2D eigenvalue weighted by Crippen LogP contribution is 2.30. The number of esters is 1. The van der Waals surface area contributed by atoms with E-state index in [2.05, 4.69) is 10.2 Å². The van der Waals surface area contributed by atoms with Crippen molar-refractivity contribution in [1.29, 1.82) is 0 Å². The molecule has 0 saturated carbocycles. The molecule has 10 heteroatoms. The third-order valence-corrected chi connectivity index (χ3v) is 7.84. The minimum absolute atomic E-state index is 0.0614. The average molecular weight is 486 g/mol. The first kappa shape index (κ1) is 24.1. The molecule has 3 unspecified atom stereocenters. The highest BCUT2D eigenvalue weighted by atomic mass is 32.2. The first-order chi connectivity index (χ1) is 16.1. The van der Waals surface area contributed by atoms with Gasteiger partial charge in [0, 0.05) is 18.5 Å². The number of ether oxygens (including phenoxy) is 1. The van der Waals surface area contributed by atoms with Gasteiger partial charge in [-0.1, -0.05) is 23.8 Å². The zero-order valence-electron chi connectivity index (χ0n) is 19.4. The number of aliphatic hydroxyl groups is 1. The van der Waals surface area contributed by atoms with E-state index in [1.807, 2.05) is 45.0 Å². The zero-order chi connectivity index (χ0) is 24.6. The number of rotatable bonds is 6. The molecule has 2 aromatic carbocycles. The van der Waals surface area contributed by atoms with E-state index in [-0.39, 0.29) is 29.6 Å². The molecular weight excluding hydrogens is 458 g/mol. The van der Waals surface area contributed by atoms with E-state index in [4.69, 9.17) is 9.15 Å². The van der Waals surface area contributed by atoms with Crippen LogP contribution in [0.15, 0.2) is 51.8 Å². The van der Waals surface area contributed by atoms with Gasteiger partial charge in [0.25, 0.3) is 5.89 Å². The van der Waals surface area contributed by atoms with Gasteiger partial charge in [0.05, 0.1) is 11.0 Å². The molecule has 0 aliphatic carbocycles. The fraction of sp³-hybridized carbons (Fsp3) is 0.375. The van der Waals surface area contributed by atoms with Crippen LogP contribution in [0.1, 0.15) is 42.0 Å². The van der Waals surface area contributed by atoms with Gasteiger partial charge in [-0.05, 0) is 63.1 Å². The molecule has 1 N–H and O–H groups in total. The molecule has 180 valence electrons. The van der Waals surface area contributed by atoms with Crippen LogP contribution in [0.2, 0.25) is 0 Å². The highest BCUT2D eigenvalue weighted by Gasteiger charge is 2.45. The first-order valence-electron chi connectivity index (χ1n) is 10.9. The van der Waals surface area contributed by atoms with Crippen molar-refractivity contribution < 1.29 is 27.5 Å². The molecule has 4 rings (SSSR count). The number of hydrogen-bond acceptors (Lipinski definition) is 8. The summed E-state index contributed by atoms with van der Waals surface area (Å²) in [5, 5.41) is 18.1. The van der Waals surface area contributed by atoms with E-state index in [0.29, 0.717) is 0 Å². The summed E-state index contributed by atoms with van der Waals surface area (Å²) in [4.78, 5) is 13.0. The Kier molecular flexibility index (Phi) is 6.57. The number of nitrogens with zero attached hydrogens (tertiary/aromatic N) is 3. The number of aromatic nitrogens is 2. The molecule has 0 spiro atoms. The van der Waals surface area contributed by atoms with E-state index in [9.17, 15) is 18.3 Å². The van der Waals surface area contributed by atoms with Crippen LogP contribution in [0.5, 0.6) is 0 Å². The summed E-state index contributed by atoms with van der Waals surface area (Å²) >= 11 is 0. The van der Waals surface area contributed by atoms with Crippen molar-refractivity contribution in [3.8, 4) is 11.5 Å². The molecule has 0 bridgehead atoms. The maximum absolute atomic E-state index is 13.3. The van der Waals surface area contributed by atoms with Crippen LogP contribution in [-0.2, 0) is 19.6 Å². The van der Waals surface area contributed by atoms with Crippen molar-refractivity contribution in [1.82, 2.24) is 14.5 Å². The fourth-order valence-electron chi connectivity index (χ4n) is 3.79. The van der Waals surface area contributed by atoms with Gasteiger partial charge in [-0.15, -0.1) is 10.2 Å². The van der Waals surface area contributed by atoms with Crippen molar-refractivity contribution in [2.24, 2.45) is 0 Å². The van der Waals surface area contributed by atoms with Gasteiger partial charge in [0.15, 0.2) is 6.10 Å². The molecule has 2 heterocycles. The topological polar surface area (TPSA) is 123 Å². The fourth-order valence-corrected chi connectivity index (χ4v) is 5.50. The number of aliphatic hydroxyl groups excluding tert-OH is 1. The lowest BCUT2D eigenvalue weighted by Crippen LogP contribution is -2.41. The summed E-state index contributed by atoms with van der Waals surface area (Å²) < 4.78 is 38.7. The minimum atomic E-state index is -4.02. The second-order valence-electron chi connectivity index (χ2n) is 8.62. The Morgan fingerprint density at radius 1 is 1.12 bits per heavy atom. The van der Waals surface area contributed by atoms with Gasteiger partial charge in [-0.2, -0.15) is 4.31 Å². The van der Waals surface area contributed by atoms with Crippen molar-refractivity contribution in [2.45, 2.75) is 57.3 Å². The highest BCUT2D eigenvalue weighted by molar-refractivity contribution is 7.89. The van der Waals surface area contributed by atoms with E-state index in [1.54, 1.807) is 19.1 Å². The maximum Gasteiger partial charge on any atom is 0.325 e. The Hall–Kier alpha value is -3.08. The Balaban J connectivity index is 1.51. The van der Waals surface area contributed by atoms with Crippen molar-refractivity contribution in [3.05, 3.63) is 65.0 Å². The van der Waals surface area contributed by atoms with Crippen LogP contribution < -0.4 is 0 Å². The number of benzene rings is 2. The average Bonchev–Trinajstić information content (AvgIpc) is 3.44. The minimum Gasteiger partial charge on any atom is -0.451 e. The molecule has 3 atom stereocenters. The third-order valence-electron chi connectivity index (χ3n) is 5.97. The molecule has 0 radical (unpaired) electrons. The molecule has 1 saturated heterocycles. The molecule has 34 heavy (non-hydrogen) atoms. The molecule has 0 amide bonds. The van der Waals surface area contributed by atoms with Gasteiger partial charge >= 0.3 is 5.97 Å². The maximum atomic E-state index is 13.3. The second-order valence-corrected chi connectivity index (χ2v) is 10.5. The standard InChI is InChI=1S/C24H27N3O6S/c1-14-5-8-18(9-6-14)23-26-25-22(33-23)17(4)32-24(29)21-12-19(28)13-27(21)34(30,31)20-10-7-15(2)16(3)11-20/h5-11,17,19,21,28H,12-13H2,1-4H3. The smallest absolute Gasteiger partial charge is 0.325 e. The molecule has 1 aliphatic heterocycles. The summed E-state index contributed by atoms with van der Waals surface area (Å²) in [5.41, 5.74) is 3.58. The van der Waals surface area contributed by atoms with Crippen LogP contribution in [0.4, 0.5) is 0 Å². The third kappa shape index (κ3) is 4.75. The lowest BCUT2D eigenvalue weighted by Gasteiger charge is -2.23. The predicted octanol–water partition coefficient (Wildman–Crippen LogP) is 3.09. The number of carbonyl (C=O) groups is 1. The molecule has 1 aliphatic rings. The Morgan fingerprint density at radius 2 is 1.82 bits per heavy atom. The molecule has 9 nitrogen and oxygen atoms in total. The van der Waals surface area contributed by atoms with Gasteiger partial charge in [-0.25, -0.2) is 8.42 Å². The second kappa shape index (κ2) is 9.28. The van der Waals surface area contributed by atoms with E-state index < -0.39 is 34.2 Å². The summed E-state index contributed by atoms with van der Waals surface area (Å²) in [7, 11) is -4.02. The van der Waals surface area contributed by atoms with Crippen LogP contribution in [0.25, 0.3) is 11.5 Å². The predicted molar refractivity (Wildman–Crippen MR) is 123 cm³/mol. The van der Waals surface area contributed by atoms with Gasteiger partial charge < -0.3 is 14.3 Å². The summed E-state index contributed by atoms with van der Waals surface area (Å²) in [6, 6.07) is 11.1. The summed E-state index contributed by atoms with van der Waals surface area (Å²) in [6.45, 7) is 7.04. The van der Waals surface area contributed by atoms with Crippen LogP contribution in [0, 0.1) is 20.8 Å². The van der Waals surface area contributed by atoms with Gasteiger partial charge in [0.1, 0.15) is 6.04 Å². The number of sulfonamides is 1. The summed E-state index contributed by atoms with van der Waals surface area (Å²) in [6.07, 6.45) is -1.94. The number of aryl methyl sites for hydroxylation is 3. The Labute approximate surface area is 198 Å². The van der Waals surface area contributed by atoms with Crippen LogP contribution in [0.3, 0.4) is 0 Å². The van der Waals surface area contributed by atoms with Gasteiger partial charge in [-0.3, -0.25) is 4.79 Å². The van der Waals surface area contributed by atoms with Crippen molar-refractivity contribution in [2.75, 3.05) is 6.54 Å². The van der Waals surface area contributed by atoms with Crippen LogP contribution in [-0.4, -0.2) is 52.7 Å². The molecule has 3 aromatic rings. The first-order valence-corrected chi connectivity index (χ1v) is 12.4. The zero-order valence-corrected chi connectivity index (χ0v) is 20.2. The Morgan fingerprint density at radius 3 is 2.50 bits per heavy atom. The molecule has 1 aromatic heterocycles. The van der Waals surface area contributed by atoms with Crippen molar-refractivity contribution >= 4 is 16.0 Å². The summed E-state index contributed by atoms with van der Waals surface area (Å²) in [5.74, 6) is -0.411. The molecular formula is C24H27N3O6S. The van der Waals surface area contributed by atoms with E-state index >= 15 is 0 Å². The van der Waals surface area contributed by atoms with E-state index in [0.717, 1.165) is 26.6 Å². The number of β-amino-alcohol motifs (C(OH)–C–C–N with tert-alkyl or cyclic N) is 1. The quantitative estimate of drug-likeness (QED) is 0.529. The number of hydrogen-bond donors (Lipinski definition) is 1. The number of carbonyl (C=O) groups excluding carboxylic acids is 1. The SMILES string of the molecule is Cc1ccc(-c2nnc(C(C)OC(=O)C3CC(O)CN3S(=O)(=O)c3ccc(C)c(C)c3)o2)cc1. The monoisotopic (exact) mass is 485 g/mol. The van der Waals surface area contributed by atoms with Crippen molar-refractivity contribution in [3.63, 3.8) is 0 Å². The largest absolute Gasteiger partial charge is 0.451 e. The van der Waals surface area contributed by atoms with Crippen LogP contribution >= 0.6 is 0 Å². The normalized spacial score (nSPS) is 19.8. The molecule has 1 fully saturated rings. The Bertz CT molecular complexity index is 1300. The lowest BCUT2D eigenvalue weighted by molar-refractivity contribution is -0.153. The van der Waals surface area contributed by atoms with Gasteiger partial charge in [0.2, 0.25) is 15.9 Å². The van der Waals surface area contributed by atoms with E-state index in [1.165, 1.54) is 6.07 Å². The lowest BCUT2D eigenvalue weighted by atomic mass is 10.1.